The molecular weight excluding hydrogens is 205 g/mol. The third-order valence-corrected chi connectivity index (χ3v) is 2.68. The van der Waals surface area contributed by atoms with Crippen molar-refractivity contribution in [3.8, 4) is 5.75 Å². The number of alkyl halides is 1. The molecule has 0 bridgehead atoms. The van der Waals surface area contributed by atoms with Crippen molar-refractivity contribution in [2.45, 2.75) is 6.17 Å². The highest BCUT2D eigenvalue weighted by atomic mass is 19.1. The van der Waals surface area contributed by atoms with Crippen molar-refractivity contribution in [3.05, 3.63) is 42.0 Å². The number of hydrogen-bond acceptors (Lipinski definition) is 2. The van der Waals surface area contributed by atoms with Crippen LogP contribution in [0, 0.1) is 0 Å². The highest BCUT2D eigenvalue weighted by Gasteiger charge is 2.13. The van der Waals surface area contributed by atoms with Gasteiger partial charge in [-0.05, 0) is 17.0 Å². The van der Waals surface area contributed by atoms with Gasteiger partial charge in [-0.2, -0.15) is 0 Å². The normalized spacial score (nSPS) is 12.7. The Morgan fingerprint density at radius 2 is 1.88 bits per heavy atom. The number of nitrogens with two attached hydrogens (primary N) is 1. The maximum absolute atomic E-state index is 13.7. The van der Waals surface area contributed by atoms with E-state index >= 15 is 0 Å². The van der Waals surface area contributed by atoms with Gasteiger partial charge in [0.15, 0.2) is 0 Å². The quantitative estimate of drug-likeness (QED) is 0.861. The highest BCUT2D eigenvalue weighted by Crippen LogP contribution is 2.32. The zero-order valence-electron chi connectivity index (χ0n) is 9.11. The van der Waals surface area contributed by atoms with Gasteiger partial charge in [0, 0.05) is 11.9 Å². The molecule has 0 amide bonds. The summed E-state index contributed by atoms with van der Waals surface area (Å²) in [6.07, 6.45) is -1.13. The maximum atomic E-state index is 13.7. The Hall–Kier alpha value is -1.61. The Balaban J connectivity index is 2.69. The van der Waals surface area contributed by atoms with E-state index < -0.39 is 6.17 Å². The molecule has 0 saturated carbocycles. The Morgan fingerprint density at radius 1 is 1.19 bits per heavy atom. The van der Waals surface area contributed by atoms with Gasteiger partial charge in [0.2, 0.25) is 0 Å². The first-order chi connectivity index (χ1) is 7.77. The molecule has 1 unspecified atom stereocenters. The number of rotatable bonds is 3. The molecule has 0 heterocycles. The number of halogens is 1. The van der Waals surface area contributed by atoms with Gasteiger partial charge in [0.1, 0.15) is 11.9 Å². The largest absolute Gasteiger partial charge is 0.496 e. The number of benzene rings is 2. The first-order valence-corrected chi connectivity index (χ1v) is 5.17. The minimum Gasteiger partial charge on any atom is -0.496 e. The fourth-order valence-corrected chi connectivity index (χ4v) is 1.87. The Labute approximate surface area is 93.8 Å². The lowest BCUT2D eigenvalue weighted by Crippen LogP contribution is -2.08. The van der Waals surface area contributed by atoms with Gasteiger partial charge in [-0.3, -0.25) is 0 Å². The molecule has 0 radical (unpaired) electrons. The SMILES string of the molecule is COc1ccc(C(F)CN)c2ccccc12. The summed E-state index contributed by atoms with van der Waals surface area (Å²) in [7, 11) is 1.61. The summed E-state index contributed by atoms with van der Waals surface area (Å²) in [6, 6.07) is 11.1. The predicted molar refractivity (Wildman–Crippen MR) is 63.4 cm³/mol. The predicted octanol–water partition coefficient (Wildman–Crippen LogP) is 2.82. The summed E-state index contributed by atoms with van der Waals surface area (Å²) in [6.45, 7) is -0.00365. The zero-order valence-corrected chi connectivity index (χ0v) is 9.11. The third-order valence-electron chi connectivity index (χ3n) is 2.68. The monoisotopic (exact) mass is 219 g/mol. The van der Waals surface area contributed by atoms with Gasteiger partial charge >= 0.3 is 0 Å². The molecule has 2 aromatic rings. The van der Waals surface area contributed by atoms with E-state index in [-0.39, 0.29) is 6.54 Å². The maximum Gasteiger partial charge on any atom is 0.138 e. The number of methoxy groups -OCH3 is 1. The number of ether oxygens (including phenoxy) is 1. The van der Waals surface area contributed by atoms with Crippen molar-refractivity contribution >= 4 is 10.8 Å². The lowest BCUT2D eigenvalue weighted by Gasteiger charge is -2.12. The summed E-state index contributed by atoms with van der Waals surface area (Å²) in [4.78, 5) is 0. The lowest BCUT2D eigenvalue weighted by atomic mass is 10.0. The van der Waals surface area contributed by atoms with Gasteiger partial charge in [-0.1, -0.05) is 30.3 Å². The molecular formula is C13H14FNO. The van der Waals surface area contributed by atoms with Crippen LogP contribution in [0.2, 0.25) is 0 Å². The molecule has 0 aliphatic heterocycles. The van der Waals surface area contributed by atoms with Crippen molar-refractivity contribution in [3.63, 3.8) is 0 Å². The summed E-state index contributed by atoms with van der Waals surface area (Å²) in [5.41, 5.74) is 5.98. The summed E-state index contributed by atoms with van der Waals surface area (Å²) < 4.78 is 18.9. The first kappa shape index (κ1) is 10.9. The van der Waals surface area contributed by atoms with Crippen LogP contribution >= 0.6 is 0 Å². The molecule has 84 valence electrons. The highest BCUT2D eigenvalue weighted by molar-refractivity contribution is 5.91. The van der Waals surface area contributed by atoms with E-state index in [2.05, 4.69) is 0 Å². The van der Waals surface area contributed by atoms with Crippen molar-refractivity contribution in [1.29, 1.82) is 0 Å². The van der Waals surface area contributed by atoms with Crippen LogP contribution in [-0.4, -0.2) is 13.7 Å². The molecule has 0 saturated heterocycles. The summed E-state index contributed by atoms with van der Waals surface area (Å²) >= 11 is 0. The standard InChI is InChI=1S/C13H14FNO/c1-16-13-7-6-10(12(14)8-15)9-4-2-3-5-11(9)13/h2-7,12H,8,15H2,1H3. The van der Waals surface area contributed by atoms with Crippen molar-refractivity contribution in [2.24, 2.45) is 5.73 Å². The molecule has 0 fully saturated rings. The zero-order chi connectivity index (χ0) is 11.5. The van der Waals surface area contributed by atoms with E-state index in [0.717, 1.165) is 16.5 Å². The van der Waals surface area contributed by atoms with Crippen molar-refractivity contribution < 1.29 is 9.13 Å². The van der Waals surface area contributed by atoms with Gasteiger partial charge in [0.05, 0.1) is 7.11 Å². The molecule has 3 heteroatoms. The van der Waals surface area contributed by atoms with E-state index in [4.69, 9.17) is 10.5 Å². The van der Waals surface area contributed by atoms with E-state index in [1.54, 1.807) is 19.2 Å². The van der Waals surface area contributed by atoms with Crippen LogP contribution in [0.3, 0.4) is 0 Å². The van der Waals surface area contributed by atoms with Crippen molar-refractivity contribution in [2.75, 3.05) is 13.7 Å². The van der Waals surface area contributed by atoms with Crippen LogP contribution in [0.4, 0.5) is 4.39 Å². The Bertz CT molecular complexity index is 498. The molecule has 2 aromatic carbocycles. The molecule has 0 spiro atoms. The minimum atomic E-state index is -1.13. The smallest absolute Gasteiger partial charge is 0.138 e. The Kier molecular flexibility index (Phi) is 3.06. The fraction of sp³-hybridized carbons (Fsp3) is 0.231. The van der Waals surface area contributed by atoms with Gasteiger partial charge in [0.25, 0.3) is 0 Å². The Morgan fingerprint density at radius 3 is 2.50 bits per heavy atom. The van der Waals surface area contributed by atoms with Crippen LogP contribution < -0.4 is 10.5 Å². The average Bonchev–Trinajstić information content (AvgIpc) is 2.36. The van der Waals surface area contributed by atoms with Crippen LogP contribution in [0.25, 0.3) is 10.8 Å². The third kappa shape index (κ3) is 1.74. The molecule has 2 nitrogen and oxygen atoms in total. The van der Waals surface area contributed by atoms with Crippen molar-refractivity contribution in [1.82, 2.24) is 0 Å². The van der Waals surface area contributed by atoms with E-state index in [9.17, 15) is 4.39 Å². The second kappa shape index (κ2) is 4.49. The summed E-state index contributed by atoms with van der Waals surface area (Å²) in [5, 5.41) is 1.78. The number of hydrogen-bond donors (Lipinski definition) is 1. The first-order valence-electron chi connectivity index (χ1n) is 5.17. The molecule has 0 aromatic heterocycles. The average molecular weight is 219 g/mol. The van der Waals surface area contributed by atoms with Crippen LogP contribution in [-0.2, 0) is 0 Å². The van der Waals surface area contributed by atoms with Crippen LogP contribution in [0.1, 0.15) is 11.7 Å². The molecule has 16 heavy (non-hydrogen) atoms. The summed E-state index contributed by atoms with van der Waals surface area (Å²) in [5.74, 6) is 0.753. The molecule has 2 N–H and O–H groups in total. The fourth-order valence-electron chi connectivity index (χ4n) is 1.87. The van der Waals surface area contributed by atoms with Crippen LogP contribution in [0.5, 0.6) is 5.75 Å². The van der Waals surface area contributed by atoms with E-state index in [1.165, 1.54) is 0 Å². The second-order valence-electron chi connectivity index (χ2n) is 3.61. The van der Waals surface area contributed by atoms with E-state index in [0.29, 0.717) is 5.56 Å². The molecule has 1 atom stereocenters. The second-order valence-corrected chi connectivity index (χ2v) is 3.61. The van der Waals surface area contributed by atoms with Gasteiger partial charge in [-0.25, -0.2) is 4.39 Å². The van der Waals surface area contributed by atoms with E-state index in [1.807, 2.05) is 24.3 Å². The number of fused-ring (bicyclic) bond motifs is 1. The molecule has 2 rings (SSSR count). The topological polar surface area (TPSA) is 35.2 Å². The van der Waals surface area contributed by atoms with Gasteiger partial charge < -0.3 is 10.5 Å². The minimum absolute atomic E-state index is 0.00365. The lowest BCUT2D eigenvalue weighted by molar-refractivity contribution is 0.355. The molecule has 0 aliphatic carbocycles. The van der Waals surface area contributed by atoms with Gasteiger partial charge in [-0.15, -0.1) is 0 Å². The van der Waals surface area contributed by atoms with Crippen LogP contribution in [0.15, 0.2) is 36.4 Å². The molecule has 0 aliphatic rings.